The number of hydrogen-bond donors (Lipinski definition) is 1. The molecular formula is C19H20ClF3N2O3S. The molecule has 2 rings (SSSR count). The third-order valence-corrected chi connectivity index (χ3v) is 6.27. The van der Waals surface area contributed by atoms with Gasteiger partial charge in [-0.1, -0.05) is 36.7 Å². The van der Waals surface area contributed by atoms with Crippen LogP contribution in [-0.2, 0) is 21.0 Å². The highest BCUT2D eigenvalue weighted by Gasteiger charge is 2.34. The molecule has 0 spiro atoms. The van der Waals surface area contributed by atoms with Crippen LogP contribution in [0.4, 0.5) is 18.9 Å². The summed E-state index contributed by atoms with van der Waals surface area (Å²) in [6.45, 7) is 2.83. The minimum atomic E-state index is -4.71. The Labute approximate surface area is 172 Å². The van der Waals surface area contributed by atoms with Crippen LogP contribution in [0.5, 0.6) is 0 Å². The molecule has 2 aromatic rings. The van der Waals surface area contributed by atoms with Gasteiger partial charge in [-0.15, -0.1) is 0 Å². The lowest BCUT2D eigenvalue weighted by Gasteiger charge is -2.26. The summed E-state index contributed by atoms with van der Waals surface area (Å²) >= 11 is 6.05. The van der Waals surface area contributed by atoms with Crippen LogP contribution >= 0.6 is 11.6 Å². The second kappa shape index (κ2) is 9.04. The first kappa shape index (κ1) is 23.0. The second-order valence-electron chi connectivity index (χ2n) is 6.37. The van der Waals surface area contributed by atoms with Crippen molar-refractivity contribution in [2.45, 2.75) is 37.4 Å². The molecule has 0 fully saturated rings. The first-order valence-electron chi connectivity index (χ1n) is 8.70. The third kappa shape index (κ3) is 5.63. The number of rotatable bonds is 7. The topological polar surface area (TPSA) is 66.5 Å². The standard InChI is InChI=1S/C19H20ClF3N2O3S/c1-3-13(2)24-18(26)12-25(29(27,28)15-7-5-4-6-8-15)17-11-14(19(21,22)23)9-10-16(17)20/h4-11,13H,3,12H2,1-2H3,(H,24,26)/t13-/m0/s1. The van der Waals surface area contributed by atoms with Crippen molar-refractivity contribution in [3.8, 4) is 0 Å². The molecule has 0 aliphatic carbocycles. The Bertz CT molecular complexity index is 966. The smallest absolute Gasteiger partial charge is 0.352 e. The Morgan fingerprint density at radius 3 is 2.34 bits per heavy atom. The van der Waals surface area contributed by atoms with E-state index >= 15 is 0 Å². The highest BCUT2D eigenvalue weighted by atomic mass is 35.5. The van der Waals surface area contributed by atoms with E-state index in [4.69, 9.17) is 11.6 Å². The number of halogens is 4. The van der Waals surface area contributed by atoms with E-state index in [2.05, 4.69) is 5.32 Å². The summed E-state index contributed by atoms with van der Waals surface area (Å²) < 4.78 is 66.4. The highest BCUT2D eigenvalue weighted by Crippen LogP contribution is 2.37. The van der Waals surface area contributed by atoms with E-state index < -0.39 is 39.9 Å². The number of sulfonamides is 1. The Balaban J connectivity index is 2.58. The van der Waals surface area contributed by atoms with Crippen molar-refractivity contribution in [3.63, 3.8) is 0 Å². The van der Waals surface area contributed by atoms with Crippen molar-refractivity contribution in [2.24, 2.45) is 0 Å². The molecule has 0 heterocycles. The molecule has 2 aromatic carbocycles. The summed E-state index contributed by atoms with van der Waals surface area (Å²) in [6.07, 6.45) is -4.11. The summed E-state index contributed by atoms with van der Waals surface area (Å²) in [7, 11) is -4.36. The minimum Gasteiger partial charge on any atom is -0.352 e. The number of benzene rings is 2. The van der Waals surface area contributed by atoms with Crippen molar-refractivity contribution in [2.75, 3.05) is 10.8 Å². The predicted molar refractivity (Wildman–Crippen MR) is 105 cm³/mol. The number of carbonyl (C=O) groups excluding carboxylic acids is 1. The van der Waals surface area contributed by atoms with Gasteiger partial charge < -0.3 is 5.32 Å². The van der Waals surface area contributed by atoms with Gasteiger partial charge in [0.1, 0.15) is 6.54 Å². The first-order chi connectivity index (χ1) is 13.5. The quantitative estimate of drug-likeness (QED) is 0.679. The number of carbonyl (C=O) groups is 1. The molecule has 0 saturated heterocycles. The average Bonchev–Trinajstić information content (AvgIpc) is 2.66. The molecule has 0 aromatic heterocycles. The van der Waals surface area contributed by atoms with Gasteiger partial charge >= 0.3 is 6.18 Å². The number of amides is 1. The molecule has 5 nitrogen and oxygen atoms in total. The normalized spacial score (nSPS) is 13.0. The second-order valence-corrected chi connectivity index (χ2v) is 8.64. The lowest BCUT2D eigenvalue weighted by Crippen LogP contribution is -2.43. The molecule has 0 bridgehead atoms. The fourth-order valence-corrected chi connectivity index (χ4v) is 4.17. The molecule has 1 atom stereocenters. The summed E-state index contributed by atoms with van der Waals surface area (Å²) in [4.78, 5) is 12.2. The molecule has 0 saturated carbocycles. The lowest BCUT2D eigenvalue weighted by molar-refractivity contribution is -0.137. The molecule has 158 valence electrons. The van der Waals surface area contributed by atoms with Crippen molar-refractivity contribution >= 4 is 33.2 Å². The molecule has 0 radical (unpaired) electrons. The Hall–Kier alpha value is -2.26. The Kier molecular flexibility index (Phi) is 7.18. The monoisotopic (exact) mass is 448 g/mol. The Morgan fingerprint density at radius 1 is 1.17 bits per heavy atom. The molecule has 1 N–H and O–H groups in total. The van der Waals surface area contributed by atoms with E-state index in [-0.39, 0.29) is 16.0 Å². The maximum Gasteiger partial charge on any atom is 0.416 e. The molecule has 10 heteroatoms. The summed E-state index contributed by atoms with van der Waals surface area (Å²) in [5.74, 6) is -0.660. The van der Waals surface area contributed by atoms with Crippen molar-refractivity contribution in [1.82, 2.24) is 5.32 Å². The van der Waals surface area contributed by atoms with Crippen LogP contribution < -0.4 is 9.62 Å². The van der Waals surface area contributed by atoms with E-state index in [1.54, 1.807) is 13.0 Å². The van der Waals surface area contributed by atoms with Crippen LogP contribution in [0.25, 0.3) is 0 Å². The van der Waals surface area contributed by atoms with E-state index in [1.807, 2.05) is 6.92 Å². The van der Waals surface area contributed by atoms with Crippen molar-refractivity contribution in [1.29, 1.82) is 0 Å². The number of hydrogen-bond acceptors (Lipinski definition) is 3. The molecule has 29 heavy (non-hydrogen) atoms. The van der Waals surface area contributed by atoms with Crippen LogP contribution in [-0.4, -0.2) is 26.9 Å². The third-order valence-electron chi connectivity index (χ3n) is 4.18. The summed E-state index contributed by atoms with van der Waals surface area (Å²) in [5, 5.41) is 2.38. The van der Waals surface area contributed by atoms with E-state index in [1.165, 1.54) is 24.3 Å². The average molecular weight is 449 g/mol. The zero-order valence-corrected chi connectivity index (χ0v) is 17.3. The lowest BCUT2D eigenvalue weighted by atomic mass is 10.2. The highest BCUT2D eigenvalue weighted by molar-refractivity contribution is 7.92. The van der Waals surface area contributed by atoms with Crippen molar-refractivity contribution in [3.05, 3.63) is 59.1 Å². The molecule has 0 aliphatic rings. The maximum atomic E-state index is 13.2. The molecule has 0 aliphatic heterocycles. The van der Waals surface area contributed by atoms with Crippen LogP contribution in [0.3, 0.4) is 0 Å². The maximum absolute atomic E-state index is 13.2. The molecule has 0 unspecified atom stereocenters. The molecular weight excluding hydrogens is 429 g/mol. The van der Waals surface area contributed by atoms with Gasteiger partial charge in [0.15, 0.2) is 0 Å². The van der Waals surface area contributed by atoms with Gasteiger partial charge in [0.05, 0.1) is 21.2 Å². The number of nitrogens with one attached hydrogen (secondary N) is 1. The SMILES string of the molecule is CC[C@H](C)NC(=O)CN(c1cc(C(F)(F)F)ccc1Cl)S(=O)(=O)c1ccccc1. The predicted octanol–water partition coefficient (Wildman–Crippen LogP) is 4.47. The fourth-order valence-electron chi connectivity index (χ4n) is 2.45. The van der Waals surface area contributed by atoms with Gasteiger partial charge in [0.2, 0.25) is 5.91 Å². The van der Waals surface area contributed by atoms with Gasteiger partial charge in [-0.2, -0.15) is 13.2 Å². The van der Waals surface area contributed by atoms with Crippen molar-refractivity contribution < 1.29 is 26.4 Å². The fraction of sp³-hybridized carbons (Fsp3) is 0.316. The first-order valence-corrected chi connectivity index (χ1v) is 10.5. The zero-order chi connectivity index (χ0) is 21.8. The number of nitrogens with zero attached hydrogens (tertiary/aromatic N) is 1. The van der Waals surface area contributed by atoms with E-state index in [0.29, 0.717) is 16.8 Å². The van der Waals surface area contributed by atoms with Crippen LogP contribution in [0.15, 0.2) is 53.4 Å². The van der Waals surface area contributed by atoms with E-state index in [9.17, 15) is 26.4 Å². The molecule has 1 amide bonds. The largest absolute Gasteiger partial charge is 0.416 e. The van der Waals surface area contributed by atoms with Gasteiger partial charge in [-0.25, -0.2) is 8.42 Å². The van der Waals surface area contributed by atoms with Gasteiger partial charge in [0.25, 0.3) is 10.0 Å². The minimum absolute atomic E-state index is 0.176. The summed E-state index contributed by atoms with van der Waals surface area (Å²) in [5.41, 5.74) is -1.50. The summed E-state index contributed by atoms with van der Waals surface area (Å²) in [6, 6.07) is 9.21. The number of anilines is 1. The van der Waals surface area contributed by atoms with Gasteiger partial charge in [0, 0.05) is 6.04 Å². The van der Waals surface area contributed by atoms with Gasteiger partial charge in [-0.05, 0) is 43.7 Å². The van der Waals surface area contributed by atoms with Crippen LogP contribution in [0.1, 0.15) is 25.8 Å². The Morgan fingerprint density at radius 2 is 1.79 bits per heavy atom. The van der Waals surface area contributed by atoms with E-state index in [0.717, 1.165) is 12.1 Å². The zero-order valence-electron chi connectivity index (χ0n) is 15.7. The van der Waals surface area contributed by atoms with Crippen LogP contribution in [0.2, 0.25) is 5.02 Å². The van der Waals surface area contributed by atoms with Gasteiger partial charge in [-0.3, -0.25) is 9.10 Å². The van der Waals surface area contributed by atoms with Crippen LogP contribution in [0, 0.1) is 0 Å². The number of alkyl halides is 3.